The molecule has 0 atom stereocenters. The van der Waals surface area contributed by atoms with Crippen LogP contribution < -0.4 is 5.32 Å². The second-order valence-corrected chi connectivity index (χ2v) is 5.88. The number of amides is 1. The predicted octanol–water partition coefficient (Wildman–Crippen LogP) is 4.60. The van der Waals surface area contributed by atoms with E-state index in [0.717, 1.165) is 22.4 Å². The molecule has 0 unspecified atom stereocenters. The van der Waals surface area contributed by atoms with E-state index in [1.807, 2.05) is 44.2 Å². The highest BCUT2D eigenvalue weighted by Gasteiger charge is 2.13. The lowest BCUT2D eigenvalue weighted by Gasteiger charge is -2.06. The highest BCUT2D eigenvalue weighted by Crippen LogP contribution is 2.26. The Labute approximate surface area is 139 Å². The van der Waals surface area contributed by atoms with Crippen molar-refractivity contribution in [2.45, 2.75) is 13.8 Å². The van der Waals surface area contributed by atoms with Gasteiger partial charge in [0.2, 0.25) is 0 Å². The van der Waals surface area contributed by atoms with Gasteiger partial charge in [-0.1, -0.05) is 35.9 Å². The molecule has 5 heteroatoms. The van der Waals surface area contributed by atoms with Gasteiger partial charge in [-0.25, -0.2) is 0 Å². The third kappa shape index (κ3) is 3.43. The van der Waals surface area contributed by atoms with Crippen molar-refractivity contribution in [2.24, 2.45) is 0 Å². The van der Waals surface area contributed by atoms with E-state index in [-0.39, 0.29) is 5.91 Å². The van der Waals surface area contributed by atoms with Crippen molar-refractivity contribution >= 4 is 23.2 Å². The molecule has 3 aromatic rings. The molecule has 1 aromatic heterocycles. The average Bonchev–Trinajstić information content (AvgIpc) is 2.96. The number of hydrogen-bond acceptors (Lipinski definition) is 2. The van der Waals surface area contributed by atoms with Crippen LogP contribution in [0, 0.1) is 13.8 Å². The van der Waals surface area contributed by atoms with Gasteiger partial charge in [0.25, 0.3) is 5.91 Å². The largest absolute Gasteiger partial charge is 0.321 e. The molecule has 3 rings (SSSR count). The van der Waals surface area contributed by atoms with Crippen molar-refractivity contribution in [1.82, 2.24) is 10.2 Å². The lowest BCUT2D eigenvalue weighted by atomic mass is 10.1. The SMILES string of the molecule is Cc1cc(C)cc(NC(=O)c2cc(-c3ccccc3Cl)n[nH]2)c1. The molecule has 1 heterocycles. The summed E-state index contributed by atoms with van der Waals surface area (Å²) in [7, 11) is 0. The number of H-pyrrole nitrogens is 1. The van der Waals surface area contributed by atoms with E-state index in [9.17, 15) is 4.79 Å². The number of rotatable bonds is 3. The molecule has 0 saturated heterocycles. The van der Waals surface area contributed by atoms with Gasteiger partial charge in [0, 0.05) is 11.3 Å². The molecular formula is C18H16ClN3O. The van der Waals surface area contributed by atoms with Gasteiger partial charge in [0.15, 0.2) is 0 Å². The zero-order valence-corrected chi connectivity index (χ0v) is 13.6. The maximum Gasteiger partial charge on any atom is 0.273 e. The minimum Gasteiger partial charge on any atom is -0.321 e. The molecular weight excluding hydrogens is 310 g/mol. The highest BCUT2D eigenvalue weighted by atomic mass is 35.5. The smallest absolute Gasteiger partial charge is 0.273 e. The van der Waals surface area contributed by atoms with Gasteiger partial charge in [0.1, 0.15) is 5.69 Å². The van der Waals surface area contributed by atoms with E-state index in [0.29, 0.717) is 16.4 Å². The summed E-state index contributed by atoms with van der Waals surface area (Å²) >= 11 is 6.16. The van der Waals surface area contributed by atoms with Crippen LogP contribution in [0.4, 0.5) is 5.69 Å². The molecule has 0 aliphatic carbocycles. The molecule has 1 amide bonds. The lowest BCUT2D eigenvalue weighted by Crippen LogP contribution is -2.12. The summed E-state index contributed by atoms with van der Waals surface area (Å²) in [6, 6.07) is 15.0. The topological polar surface area (TPSA) is 57.8 Å². The number of nitrogens with one attached hydrogen (secondary N) is 2. The first-order valence-corrected chi connectivity index (χ1v) is 7.61. The fraction of sp³-hybridized carbons (Fsp3) is 0.111. The number of benzene rings is 2. The average molecular weight is 326 g/mol. The quantitative estimate of drug-likeness (QED) is 0.739. The predicted molar refractivity (Wildman–Crippen MR) is 92.9 cm³/mol. The normalized spacial score (nSPS) is 10.6. The molecule has 116 valence electrons. The fourth-order valence-electron chi connectivity index (χ4n) is 2.49. The maximum atomic E-state index is 12.4. The van der Waals surface area contributed by atoms with Gasteiger partial charge in [-0.3, -0.25) is 9.89 Å². The van der Waals surface area contributed by atoms with Crippen molar-refractivity contribution in [1.29, 1.82) is 0 Å². The Morgan fingerprint density at radius 3 is 2.48 bits per heavy atom. The molecule has 0 bridgehead atoms. The van der Waals surface area contributed by atoms with Crippen LogP contribution in [-0.4, -0.2) is 16.1 Å². The second kappa shape index (κ2) is 6.26. The van der Waals surface area contributed by atoms with E-state index in [1.165, 1.54) is 0 Å². The summed E-state index contributed by atoms with van der Waals surface area (Å²) in [5.74, 6) is -0.235. The molecule has 23 heavy (non-hydrogen) atoms. The first-order valence-electron chi connectivity index (χ1n) is 7.23. The van der Waals surface area contributed by atoms with E-state index in [1.54, 1.807) is 12.1 Å². The Kier molecular flexibility index (Phi) is 4.17. The number of aryl methyl sites for hydroxylation is 2. The number of carbonyl (C=O) groups is 1. The molecule has 0 aliphatic heterocycles. The third-order valence-electron chi connectivity index (χ3n) is 3.45. The Hall–Kier alpha value is -2.59. The second-order valence-electron chi connectivity index (χ2n) is 5.48. The summed E-state index contributed by atoms with van der Waals surface area (Å²) in [5.41, 5.74) is 4.78. The zero-order valence-electron chi connectivity index (χ0n) is 12.9. The first-order chi connectivity index (χ1) is 11.0. The number of aromatic nitrogens is 2. The molecule has 0 saturated carbocycles. The van der Waals surface area contributed by atoms with Gasteiger partial charge in [-0.2, -0.15) is 5.10 Å². The molecule has 0 aliphatic rings. The Morgan fingerprint density at radius 1 is 1.09 bits per heavy atom. The number of carbonyl (C=O) groups excluding carboxylic acids is 1. The van der Waals surface area contributed by atoms with Crippen LogP contribution in [-0.2, 0) is 0 Å². The van der Waals surface area contributed by atoms with Gasteiger partial charge in [0.05, 0.1) is 10.7 Å². The Bertz CT molecular complexity index is 850. The van der Waals surface area contributed by atoms with Crippen LogP contribution in [0.15, 0.2) is 48.5 Å². The Morgan fingerprint density at radius 2 is 1.78 bits per heavy atom. The molecule has 2 N–H and O–H groups in total. The lowest BCUT2D eigenvalue weighted by molar-refractivity contribution is 0.102. The molecule has 0 spiro atoms. The van der Waals surface area contributed by atoms with Gasteiger partial charge in [-0.05, 0) is 49.2 Å². The molecule has 2 aromatic carbocycles. The van der Waals surface area contributed by atoms with Crippen molar-refractivity contribution in [3.63, 3.8) is 0 Å². The monoisotopic (exact) mass is 325 g/mol. The van der Waals surface area contributed by atoms with Gasteiger partial charge >= 0.3 is 0 Å². The minimum atomic E-state index is -0.235. The summed E-state index contributed by atoms with van der Waals surface area (Å²) in [5, 5.41) is 10.4. The van der Waals surface area contributed by atoms with Crippen LogP contribution in [0.1, 0.15) is 21.6 Å². The first kappa shape index (κ1) is 15.3. The maximum absolute atomic E-state index is 12.4. The fourth-order valence-corrected chi connectivity index (χ4v) is 2.72. The number of anilines is 1. The molecule has 4 nitrogen and oxygen atoms in total. The standard InChI is InChI=1S/C18H16ClN3O/c1-11-7-12(2)9-13(8-11)20-18(23)17-10-16(21-22-17)14-5-3-4-6-15(14)19/h3-10H,1-2H3,(H,20,23)(H,21,22). The van der Waals surface area contributed by atoms with Crippen molar-refractivity contribution < 1.29 is 4.79 Å². The van der Waals surface area contributed by atoms with Crippen LogP contribution >= 0.6 is 11.6 Å². The van der Waals surface area contributed by atoms with Crippen LogP contribution in [0.3, 0.4) is 0 Å². The van der Waals surface area contributed by atoms with E-state index in [2.05, 4.69) is 21.6 Å². The zero-order chi connectivity index (χ0) is 16.4. The third-order valence-corrected chi connectivity index (χ3v) is 3.78. The molecule has 0 fully saturated rings. The molecule has 0 radical (unpaired) electrons. The summed E-state index contributed by atoms with van der Waals surface area (Å²) in [4.78, 5) is 12.4. The summed E-state index contributed by atoms with van der Waals surface area (Å²) in [6.07, 6.45) is 0. The number of halogens is 1. The number of hydrogen-bond donors (Lipinski definition) is 2. The van der Waals surface area contributed by atoms with Gasteiger partial charge in [-0.15, -0.1) is 0 Å². The highest BCUT2D eigenvalue weighted by molar-refractivity contribution is 6.33. The van der Waals surface area contributed by atoms with Crippen LogP contribution in [0.25, 0.3) is 11.3 Å². The van der Waals surface area contributed by atoms with Crippen molar-refractivity contribution in [3.8, 4) is 11.3 Å². The van der Waals surface area contributed by atoms with E-state index in [4.69, 9.17) is 11.6 Å². The summed E-state index contributed by atoms with van der Waals surface area (Å²) in [6.45, 7) is 3.99. The Balaban J connectivity index is 1.83. The number of nitrogens with zero attached hydrogens (tertiary/aromatic N) is 1. The summed E-state index contributed by atoms with van der Waals surface area (Å²) < 4.78 is 0. The van der Waals surface area contributed by atoms with Crippen LogP contribution in [0.2, 0.25) is 5.02 Å². The van der Waals surface area contributed by atoms with Gasteiger partial charge < -0.3 is 5.32 Å². The van der Waals surface area contributed by atoms with Crippen molar-refractivity contribution in [3.05, 3.63) is 70.4 Å². The van der Waals surface area contributed by atoms with Crippen LogP contribution in [0.5, 0.6) is 0 Å². The van der Waals surface area contributed by atoms with E-state index < -0.39 is 0 Å². The van der Waals surface area contributed by atoms with E-state index >= 15 is 0 Å². The number of aromatic amines is 1. The van der Waals surface area contributed by atoms with Crippen molar-refractivity contribution in [2.75, 3.05) is 5.32 Å². The minimum absolute atomic E-state index is 0.235.